The van der Waals surface area contributed by atoms with Crippen LogP contribution in [0.25, 0.3) is 0 Å². The number of carboxylic acids is 1. The molecule has 2 rings (SSSR count). The molecule has 20 heavy (non-hydrogen) atoms. The second kappa shape index (κ2) is 7.46. The molecule has 2 aromatic rings. The van der Waals surface area contributed by atoms with Crippen molar-refractivity contribution in [2.75, 3.05) is 6.54 Å². The molecule has 0 amide bonds. The van der Waals surface area contributed by atoms with E-state index in [0.717, 1.165) is 24.9 Å². The van der Waals surface area contributed by atoms with E-state index in [-0.39, 0.29) is 0 Å². The third kappa shape index (κ3) is 4.21. The first-order valence-corrected chi connectivity index (χ1v) is 6.83. The number of hydrogen-bond donors (Lipinski definition) is 2. The summed E-state index contributed by atoms with van der Waals surface area (Å²) in [6.07, 6.45) is 2.08. The molecule has 0 aliphatic rings. The van der Waals surface area contributed by atoms with Crippen LogP contribution < -0.4 is 5.32 Å². The van der Waals surface area contributed by atoms with Crippen LogP contribution in [0, 0.1) is 0 Å². The maximum Gasteiger partial charge on any atom is 0.336 e. The fourth-order valence-corrected chi connectivity index (χ4v) is 2.17. The first kappa shape index (κ1) is 14.3. The van der Waals surface area contributed by atoms with Crippen LogP contribution >= 0.6 is 0 Å². The van der Waals surface area contributed by atoms with E-state index in [0.29, 0.717) is 12.1 Å². The second-order valence-electron chi connectivity index (χ2n) is 4.73. The van der Waals surface area contributed by atoms with Gasteiger partial charge in [0.15, 0.2) is 0 Å². The number of rotatable bonds is 7. The van der Waals surface area contributed by atoms with E-state index in [2.05, 4.69) is 17.4 Å². The first-order chi connectivity index (χ1) is 9.77. The van der Waals surface area contributed by atoms with Crippen molar-refractivity contribution < 1.29 is 9.90 Å². The maximum absolute atomic E-state index is 11.1. The summed E-state index contributed by atoms with van der Waals surface area (Å²) in [7, 11) is 0. The maximum atomic E-state index is 11.1. The molecule has 3 nitrogen and oxygen atoms in total. The largest absolute Gasteiger partial charge is 0.478 e. The molecule has 0 aromatic heterocycles. The molecule has 0 bridgehead atoms. The zero-order valence-corrected chi connectivity index (χ0v) is 11.4. The SMILES string of the molecule is O=C(O)c1ccccc1CNCCCc1ccccc1. The van der Waals surface area contributed by atoms with E-state index in [1.807, 2.05) is 30.3 Å². The van der Waals surface area contributed by atoms with E-state index in [9.17, 15) is 4.79 Å². The standard InChI is InChI=1S/C17H19NO2/c19-17(20)16-11-5-4-10-15(16)13-18-12-6-9-14-7-2-1-3-8-14/h1-5,7-8,10-11,18H,6,9,12-13H2,(H,19,20). The smallest absolute Gasteiger partial charge is 0.336 e. The number of aromatic carboxylic acids is 1. The van der Waals surface area contributed by atoms with Crippen molar-refractivity contribution in [3.8, 4) is 0 Å². The van der Waals surface area contributed by atoms with Crippen molar-refractivity contribution in [3.63, 3.8) is 0 Å². The topological polar surface area (TPSA) is 49.3 Å². The summed E-state index contributed by atoms with van der Waals surface area (Å²) in [6, 6.07) is 17.5. The Balaban J connectivity index is 1.75. The Morgan fingerprint density at radius 3 is 2.45 bits per heavy atom. The Kier molecular flexibility index (Phi) is 5.33. The Hall–Kier alpha value is -2.13. The van der Waals surface area contributed by atoms with Gasteiger partial charge in [0.05, 0.1) is 5.56 Å². The van der Waals surface area contributed by atoms with Crippen LogP contribution in [0.4, 0.5) is 0 Å². The lowest BCUT2D eigenvalue weighted by atomic mass is 10.1. The third-order valence-electron chi connectivity index (χ3n) is 3.23. The van der Waals surface area contributed by atoms with E-state index in [1.165, 1.54) is 5.56 Å². The van der Waals surface area contributed by atoms with Gasteiger partial charge in [0.25, 0.3) is 0 Å². The van der Waals surface area contributed by atoms with Crippen LogP contribution in [0.3, 0.4) is 0 Å². The highest BCUT2D eigenvalue weighted by molar-refractivity contribution is 5.89. The van der Waals surface area contributed by atoms with Crippen molar-refractivity contribution in [1.29, 1.82) is 0 Å². The Bertz CT molecular complexity index is 552. The van der Waals surface area contributed by atoms with Crippen LogP contribution in [0.5, 0.6) is 0 Å². The number of carbonyl (C=O) groups is 1. The van der Waals surface area contributed by atoms with Crippen LogP contribution in [0.1, 0.15) is 27.9 Å². The number of nitrogens with one attached hydrogen (secondary N) is 1. The van der Waals surface area contributed by atoms with E-state index >= 15 is 0 Å². The third-order valence-corrected chi connectivity index (χ3v) is 3.23. The quantitative estimate of drug-likeness (QED) is 0.759. The molecule has 0 atom stereocenters. The minimum absolute atomic E-state index is 0.378. The minimum atomic E-state index is -0.869. The van der Waals surface area contributed by atoms with Gasteiger partial charge >= 0.3 is 5.97 Å². The van der Waals surface area contributed by atoms with Crippen LogP contribution in [0.2, 0.25) is 0 Å². The highest BCUT2D eigenvalue weighted by atomic mass is 16.4. The predicted molar refractivity (Wildman–Crippen MR) is 79.9 cm³/mol. The summed E-state index contributed by atoms with van der Waals surface area (Å²) < 4.78 is 0. The molecule has 0 radical (unpaired) electrons. The molecule has 0 aliphatic carbocycles. The Morgan fingerprint density at radius 1 is 1.00 bits per heavy atom. The van der Waals surface area contributed by atoms with Crippen molar-refractivity contribution in [2.45, 2.75) is 19.4 Å². The van der Waals surface area contributed by atoms with Crippen molar-refractivity contribution in [2.24, 2.45) is 0 Å². The van der Waals surface area contributed by atoms with Gasteiger partial charge in [-0.15, -0.1) is 0 Å². The van der Waals surface area contributed by atoms with E-state index < -0.39 is 5.97 Å². The van der Waals surface area contributed by atoms with Crippen molar-refractivity contribution >= 4 is 5.97 Å². The summed E-state index contributed by atoms with van der Waals surface area (Å²) in [4.78, 5) is 11.1. The van der Waals surface area contributed by atoms with Gasteiger partial charge in [0, 0.05) is 6.54 Å². The van der Waals surface area contributed by atoms with Crippen LogP contribution in [0.15, 0.2) is 54.6 Å². The van der Waals surface area contributed by atoms with E-state index in [1.54, 1.807) is 12.1 Å². The van der Waals surface area contributed by atoms with E-state index in [4.69, 9.17) is 5.11 Å². The van der Waals surface area contributed by atoms with Gasteiger partial charge in [-0.25, -0.2) is 4.79 Å². The lowest BCUT2D eigenvalue weighted by Gasteiger charge is -2.08. The molecular weight excluding hydrogens is 250 g/mol. The lowest BCUT2D eigenvalue weighted by molar-refractivity contribution is 0.0695. The number of benzene rings is 2. The summed E-state index contributed by atoms with van der Waals surface area (Å²) in [5.41, 5.74) is 2.54. The molecule has 0 saturated carbocycles. The minimum Gasteiger partial charge on any atom is -0.478 e. The zero-order chi connectivity index (χ0) is 14.2. The fraction of sp³-hybridized carbons (Fsp3) is 0.235. The molecule has 2 N–H and O–H groups in total. The summed E-state index contributed by atoms with van der Waals surface area (Å²) >= 11 is 0. The summed E-state index contributed by atoms with van der Waals surface area (Å²) in [6.45, 7) is 1.47. The molecule has 2 aromatic carbocycles. The Morgan fingerprint density at radius 2 is 1.70 bits per heavy atom. The van der Waals surface area contributed by atoms with Gasteiger partial charge in [0.2, 0.25) is 0 Å². The molecule has 0 aliphatic heterocycles. The first-order valence-electron chi connectivity index (χ1n) is 6.83. The highest BCUT2D eigenvalue weighted by Crippen LogP contribution is 2.08. The molecule has 3 heteroatoms. The summed E-state index contributed by atoms with van der Waals surface area (Å²) in [5.74, 6) is -0.869. The lowest BCUT2D eigenvalue weighted by Crippen LogP contribution is -2.17. The number of hydrogen-bond acceptors (Lipinski definition) is 2. The number of aryl methyl sites for hydroxylation is 1. The average molecular weight is 269 g/mol. The van der Waals surface area contributed by atoms with Crippen LogP contribution in [-0.2, 0) is 13.0 Å². The molecule has 0 spiro atoms. The van der Waals surface area contributed by atoms with Crippen LogP contribution in [-0.4, -0.2) is 17.6 Å². The van der Waals surface area contributed by atoms with Gasteiger partial charge in [-0.2, -0.15) is 0 Å². The second-order valence-corrected chi connectivity index (χ2v) is 4.73. The van der Waals surface area contributed by atoms with Gasteiger partial charge < -0.3 is 10.4 Å². The van der Waals surface area contributed by atoms with Gasteiger partial charge in [-0.3, -0.25) is 0 Å². The Labute approximate surface area is 119 Å². The number of carboxylic acid groups (broad SMARTS) is 1. The molecule has 0 fully saturated rings. The predicted octanol–water partition coefficient (Wildman–Crippen LogP) is 3.11. The highest BCUT2D eigenvalue weighted by Gasteiger charge is 2.07. The molecular formula is C17H19NO2. The average Bonchev–Trinajstić information content (AvgIpc) is 2.48. The molecule has 104 valence electrons. The van der Waals surface area contributed by atoms with Crippen molar-refractivity contribution in [3.05, 3.63) is 71.3 Å². The molecule has 0 unspecified atom stereocenters. The van der Waals surface area contributed by atoms with Gasteiger partial charge in [-0.05, 0) is 36.6 Å². The normalized spacial score (nSPS) is 10.4. The molecule has 0 saturated heterocycles. The fourth-order valence-electron chi connectivity index (χ4n) is 2.17. The van der Waals surface area contributed by atoms with Gasteiger partial charge in [0.1, 0.15) is 0 Å². The van der Waals surface area contributed by atoms with Gasteiger partial charge in [-0.1, -0.05) is 48.5 Å². The summed E-state index contributed by atoms with van der Waals surface area (Å²) in [5, 5.41) is 12.4. The molecule has 0 heterocycles. The zero-order valence-electron chi connectivity index (χ0n) is 11.4. The monoisotopic (exact) mass is 269 g/mol. The van der Waals surface area contributed by atoms with Crippen molar-refractivity contribution in [1.82, 2.24) is 5.32 Å².